The monoisotopic (exact) mass is 450 g/mol. The first-order valence-corrected chi connectivity index (χ1v) is 12.1. The molecule has 2 aliphatic rings. The van der Waals surface area contributed by atoms with Crippen molar-refractivity contribution in [2.75, 3.05) is 29.9 Å². The van der Waals surface area contributed by atoms with Crippen molar-refractivity contribution >= 4 is 35.3 Å². The highest BCUT2D eigenvalue weighted by molar-refractivity contribution is 8.00. The van der Waals surface area contributed by atoms with Gasteiger partial charge in [-0.1, -0.05) is 19.3 Å². The van der Waals surface area contributed by atoms with E-state index in [9.17, 15) is 18.8 Å². The Morgan fingerprint density at radius 3 is 2.16 bits per heavy atom. The molecule has 0 unspecified atom stereocenters. The molecule has 3 rings (SSSR count). The number of rotatable bonds is 7. The third-order valence-corrected chi connectivity index (χ3v) is 6.63. The van der Waals surface area contributed by atoms with Gasteiger partial charge in [-0.05, 0) is 49.9 Å². The van der Waals surface area contributed by atoms with Crippen LogP contribution in [0, 0.1) is 5.82 Å². The maximum atomic E-state index is 12.9. The molecule has 3 N–H and O–H groups in total. The van der Waals surface area contributed by atoms with Gasteiger partial charge in [-0.15, -0.1) is 11.8 Å². The van der Waals surface area contributed by atoms with Crippen LogP contribution in [0.4, 0.5) is 14.9 Å². The van der Waals surface area contributed by atoms with Gasteiger partial charge in [-0.3, -0.25) is 9.59 Å². The number of carbonyl (C=O) groups is 3. The Balaban J connectivity index is 1.28. The third-order valence-electron chi connectivity index (χ3n) is 5.71. The van der Waals surface area contributed by atoms with Crippen molar-refractivity contribution in [3.63, 3.8) is 0 Å². The summed E-state index contributed by atoms with van der Waals surface area (Å²) in [6, 6.07) is 5.83. The maximum Gasteiger partial charge on any atom is 0.315 e. The minimum atomic E-state index is -0.359. The Labute approximate surface area is 186 Å². The molecule has 31 heavy (non-hydrogen) atoms. The normalized spacial score (nSPS) is 17.8. The van der Waals surface area contributed by atoms with Crippen LogP contribution < -0.4 is 16.0 Å². The van der Waals surface area contributed by atoms with E-state index in [0.29, 0.717) is 18.8 Å². The summed E-state index contributed by atoms with van der Waals surface area (Å²) in [5.74, 6) is -0.192. The van der Waals surface area contributed by atoms with Gasteiger partial charge in [0.2, 0.25) is 11.8 Å². The summed E-state index contributed by atoms with van der Waals surface area (Å²) in [6.45, 7) is 1.21. The van der Waals surface area contributed by atoms with E-state index in [-0.39, 0.29) is 47.3 Å². The number of anilines is 1. The molecular formula is C22H31FN4O3S. The lowest BCUT2D eigenvalue weighted by atomic mass is 9.96. The first-order chi connectivity index (χ1) is 15.0. The van der Waals surface area contributed by atoms with Crippen molar-refractivity contribution in [3.8, 4) is 0 Å². The van der Waals surface area contributed by atoms with Crippen molar-refractivity contribution < 1.29 is 18.8 Å². The fraction of sp³-hybridized carbons (Fsp3) is 0.591. The van der Waals surface area contributed by atoms with Gasteiger partial charge in [-0.2, -0.15) is 0 Å². The largest absolute Gasteiger partial charge is 0.342 e. The smallest absolute Gasteiger partial charge is 0.315 e. The zero-order valence-corrected chi connectivity index (χ0v) is 18.5. The van der Waals surface area contributed by atoms with E-state index in [0.717, 1.165) is 25.7 Å². The molecule has 4 amide bonds. The van der Waals surface area contributed by atoms with E-state index in [1.165, 1.54) is 55.3 Å². The molecule has 0 aromatic heterocycles. The molecule has 0 radical (unpaired) electrons. The number of hydrogen-bond donors (Lipinski definition) is 3. The van der Waals surface area contributed by atoms with Crippen molar-refractivity contribution in [2.24, 2.45) is 0 Å². The molecule has 9 heteroatoms. The van der Waals surface area contributed by atoms with Crippen molar-refractivity contribution in [1.82, 2.24) is 15.5 Å². The van der Waals surface area contributed by atoms with Gasteiger partial charge >= 0.3 is 6.03 Å². The molecule has 2 fully saturated rings. The van der Waals surface area contributed by atoms with Gasteiger partial charge in [0.15, 0.2) is 0 Å². The van der Waals surface area contributed by atoms with Crippen LogP contribution >= 0.6 is 11.8 Å². The number of nitrogens with one attached hydrogen (secondary N) is 3. The number of halogens is 1. The Morgan fingerprint density at radius 2 is 1.52 bits per heavy atom. The molecule has 7 nitrogen and oxygen atoms in total. The Kier molecular flexibility index (Phi) is 8.99. The molecule has 1 aromatic carbocycles. The van der Waals surface area contributed by atoms with Gasteiger partial charge in [0.25, 0.3) is 0 Å². The zero-order chi connectivity index (χ0) is 22.1. The summed E-state index contributed by atoms with van der Waals surface area (Å²) in [5, 5.41) is 8.79. The molecule has 1 aromatic rings. The fourth-order valence-corrected chi connectivity index (χ4v) is 4.70. The number of thioether (sulfide) groups is 1. The molecule has 170 valence electrons. The Morgan fingerprint density at radius 1 is 0.903 bits per heavy atom. The maximum absolute atomic E-state index is 12.9. The summed E-state index contributed by atoms with van der Waals surface area (Å²) in [5.41, 5.74) is 0.528. The van der Waals surface area contributed by atoms with E-state index < -0.39 is 0 Å². The van der Waals surface area contributed by atoms with E-state index >= 15 is 0 Å². The number of hydrogen-bond acceptors (Lipinski definition) is 4. The number of piperidine rings is 1. The van der Waals surface area contributed by atoms with Crippen LogP contribution in [-0.2, 0) is 9.59 Å². The van der Waals surface area contributed by atoms with Crippen LogP contribution in [0.15, 0.2) is 24.3 Å². The minimum Gasteiger partial charge on any atom is -0.342 e. The lowest BCUT2D eigenvalue weighted by molar-refractivity contribution is -0.129. The van der Waals surface area contributed by atoms with Crippen LogP contribution in [0.2, 0.25) is 0 Å². The topological polar surface area (TPSA) is 90.5 Å². The Bertz CT molecular complexity index is 748. The molecule has 1 aliphatic carbocycles. The summed E-state index contributed by atoms with van der Waals surface area (Å²) < 4.78 is 12.9. The number of likely N-dealkylation sites (tertiary alicyclic amines) is 1. The predicted molar refractivity (Wildman–Crippen MR) is 120 cm³/mol. The minimum absolute atomic E-state index is 0.00434. The first kappa shape index (κ1) is 23.4. The lowest BCUT2D eigenvalue weighted by Crippen LogP contribution is -2.51. The Hall–Kier alpha value is -2.29. The third kappa shape index (κ3) is 8.05. The quantitative estimate of drug-likeness (QED) is 0.595. The van der Waals surface area contributed by atoms with Crippen LogP contribution in [0.3, 0.4) is 0 Å². The molecular weight excluding hydrogens is 419 g/mol. The van der Waals surface area contributed by atoms with Gasteiger partial charge < -0.3 is 20.9 Å². The molecule has 0 bridgehead atoms. The van der Waals surface area contributed by atoms with Gasteiger partial charge in [0.05, 0.1) is 11.5 Å². The van der Waals surface area contributed by atoms with Crippen LogP contribution in [0.25, 0.3) is 0 Å². The van der Waals surface area contributed by atoms with E-state index in [2.05, 4.69) is 16.0 Å². The summed E-state index contributed by atoms with van der Waals surface area (Å²) >= 11 is 1.26. The second-order valence-electron chi connectivity index (χ2n) is 8.16. The highest BCUT2D eigenvalue weighted by Crippen LogP contribution is 2.18. The SMILES string of the molecule is O=C(CSCC(=O)N1CCC(NC(=O)NC2CCCCC2)CC1)Nc1ccc(F)cc1. The fourth-order valence-electron chi connectivity index (χ4n) is 3.99. The molecule has 1 saturated heterocycles. The lowest BCUT2D eigenvalue weighted by Gasteiger charge is -2.33. The average Bonchev–Trinajstić information content (AvgIpc) is 2.76. The number of carbonyl (C=O) groups excluding carboxylic acids is 3. The van der Waals surface area contributed by atoms with Crippen LogP contribution in [0.1, 0.15) is 44.9 Å². The van der Waals surface area contributed by atoms with Gasteiger partial charge in [-0.25, -0.2) is 9.18 Å². The second kappa shape index (κ2) is 11.9. The first-order valence-electron chi connectivity index (χ1n) is 11.0. The second-order valence-corrected chi connectivity index (χ2v) is 9.14. The molecule has 1 saturated carbocycles. The molecule has 1 heterocycles. The van der Waals surface area contributed by atoms with Crippen molar-refractivity contribution in [2.45, 2.75) is 57.0 Å². The number of urea groups is 1. The zero-order valence-electron chi connectivity index (χ0n) is 17.7. The number of benzene rings is 1. The van der Waals surface area contributed by atoms with E-state index in [4.69, 9.17) is 0 Å². The van der Waals surface area contributed by atoms with Crippen LogP contribution in [-0.4, -0.2) is 59.4 Å². The molecule has 0 spiro atoms. The predicted octanol–water partition coefficient (Wildman–Crippen LogP) is 3.12. The van der Waals surface area contributed by atoms with Gasteiger partial charge in [0, 0.05) is 30.9 Å². The summed E-state index contributed by atoms with van der Waals surface area (Å²) in [7, 11) is 0. The molecule has 1 aliphatic heterocycles. The number of amides is 4. The average molecular weight is 451 g/mol. The number of nitrogens with zero attached hydrogens (tertiary/aromatic N) is 1. The highest BCUT2D eigenvalue weighted by Gasteiger charge is 2.24. The summed E-state index contributed by atoms with van der Waals surface area (Å²) in [4.78, 5) is 38.3. The van der Waals surface area contributed by atoms with Crippen LogP contribution in [0.5, 0.6) is 0 Å². The van der Waals surface area contributed by atoms with Crippen molar-refractivity contribution in [3.05, 3.63) is 30.1 Å². The summed E-state index contributed by atoms with van der Waals surface area (Å²) in [6.07, 6.45) is 7.19. The van der Waals surface area contributed by atoms with Crippen molar-refractivity contribution in [1.29, 1.82) is 0 Å². The van der Waals surface area contributed by atoms with E-state index in [1.807, 2.05) is 0 Å². The van der Waals surface area contributed by atoms with Gasteiger partial charge in [0.1, 0.15) is 5.82 Å². The molecule has 0 atom stereocenters. The highest BCUT2D eigenvalue weighted by atomic mass is 32.2. The van der Waals surface area contributed by atoms with E-state index in [1.54, 1.807) is 4.90 Å². The standard InChI is InChI=1S/C22H31FN4O3S/c23-16-6-8-18(9-7-16)24-20(28)14-31-15-21(29)27-12-10-19(11-13-27)26-22(30)25-17-4-2-1-3-5-17/h6-9,17,19H,1-5,10-15H2,(H,24,28)(H2,25,26,30).